The second kappa shape index (κ2) is 8.75. The minimum atomic E-state index is 0. The summed E-state index contributed by atoms with van der Waals surface area (Å²) in [6.45, 7) is 5.71. The summed E-state index contributed by atoms with van der Waals surface area (Å²) in [7, 11) is 1.61. The van der Waals surface area contributed by atoms with Crippen molar-refractivity contribution in [2.24, 2.45) is 0 Å². The molecule has 0 unspecified atom stereocenters. The smallest absolute Gasteiger partial charge is 0.248 e. The van der Waals surface area contributed by atoms with Gasteiger partial charge in [-0.2, -0.15) is 0 Å². The van der Waals surface area contributed by atoms with Gasteiger partial charge in [0.25, 0.3) is 0 Å². The molecule has 0 aromatic carbocycles. The minimum absolute atomic E-state index is 0. The quantitative estimate of drug-likeness (QED) is 0.694. The standard InChI is InChI=1S/C10H20N2O3.ClH/c1-9-7-11-3-4-12(9)10(13)8-15-6-5-14-2;/h9,11H,3-8H2,1-2H3;1H/t9-;/m0./s1. The molecular weight excluding hydrogens is 232 g/mol. The van der Waals surface area contributed by atoms with E-state index in [1.54, 1.807) is 7.11 Å². The van der Waals surface area contributed by atoms with Gasteiger partial charge in [0, 0.05) is 32.8 Å². The van der Waals surface area contributed by atoms with Crippen LogP contribution in [0, 0.1) is 0 Å². The maximum atomic E-state index is 11.7. The van der Waals surface area contributed by atoms with E-state index in [2.05, 4.69) is 5.32 Å². The largest absolute Gasteiger partial charge is 0.382 e. The fraction of sp³-hybridized carbons (Fsp3) is 0.900. The fourth-order valence-electron chi connectivity index (χ4n) is 1.60. The predicted octanol–water partition coefficient (Wildman–Crippen LogP) is -0.108. The number of piperazine rings is 1. The highest BCUT2D eigenvalue weighted by molar-refractivity contribution is 5.85. The van der Waals surface area contributed by atoms with Gasteiger partial charge in [-0.1, -0.05) is 0 Å². The van der Waals surface area contributed by atoms with Gasteiger partial charge in [-0.3, -0.25) is 4.79 Å². The molecule has 1 atom stereocenters. The number of rotatable bonds is 5. The fourth-order valence-corrected chi connectivity index (χ4v) is 1.60. The maximum Gasteiger partial charge on any atom is 0.248 e. The lowest BCUT2D eigenvalue weighted by atomic mass is 10.2. The summed E-state index contributed by atoms with van der Waals surface area (Å²) in [6.07, 6.45) is 0. The molecule has 0 aromatic rings. The van der Waals surface area contributed by atoms with Crippen LogP contribution in [-0.2, 0) is 14.3 Å². The number of halogens is 1. The first kappa shape index (κ1) is 15.6. The van der Waals surface area contributed by atoms with Gasteiger partial charge in [0.15, 0.2) is 0 Å². The van der Waals surface area contributed by atoms with Gasteiger partial charge in [-0.15, -0.1) is 12.4 Å². The van der Waals surface area contributed by atoms with Crippen LogP contribution >= 0.6 is 12.4 Å². The maximum absolute atomic E-state index is 11.7. The van der Waals surface area contributed by atoms with Crippen LogP contribution in [0.5, 0.6) is 0 Å². The van der Waals surface area contributed by atoms with Crippen molar-refractivity contribution in [2.45, 2.75) is 13.0 Å². The molecule has 0 aliphatic carbocycles. The summed E-state index contributed by atoms with van der Waals surface area (Å²) in [5.41, 5.74) is 0. The lowest BCUT2D eigenvalue weighted by molar-refractivity contribution is -0.139. The summed E-state index contributed by atoms with van der Waals surface area (Å²) in [6, 6.07) is 0.261. The van der Waals surface area contributed by atoms with Crippen LogP contribution in [0.1, 0.15) is 6.92 Å². The van der Waals surface area contributed by atoms with Crippen LogP contribution in [0.25, 0.3) is 0 Å². The number of amides is 1. The van der Waals surface area contributed by atoms with Crippen LogP contribution in [0.3, 0.4) is 0 Å². The molecule has 1 amide bonds. The van der Waals surface area contributed by atoms with Crippen LogP contribution in [0.15, 0.2) is 0 Å². The highest BCUT2D eigenvalue weighted by Crippen LogP contribution is 2.02. The van der Waals surface area contributed by atoms with Crippen LogP contribution in [-0.4, -0.2) is 63.4 Å². The number of nitrogens with one attached hydrogen (secondary N) is 1. The normalized spacial score (nSPS) is 20.4. The highest BCUT2D eigenvalue weighted by Gasteiger charge is 2.22. The SMILES string of the molecule is COCCOCC(=O)N1CCNC[C@@H]1C.Cl. The predicted molar refractivity (Wildman–Crippen MR) is 64.0 cm³/mol. The van der Waals surface area contributed by atoms with Crippen molar-refractivity contribution in [2.75, 3.05) is 46.6 Å². The molecule has 0 saturated carbocycles. The lowest BCUT2D eigenvalue weighted by Gasteiger charge is -2.33. The molecule has 1 aliphatic heterocycles. The molecule has 1 saturated heterocycles. The first-order chi connectivity index (χ1) is 7.25. The van der Waals surface area contributed by atoms with Gasteiger partial charge in [-0.05, 0) is 6.92 Å². The summed E-state index contributed by atoms with van der Waals surface area (Å²) < 4.78 is 10.0. The van der Waals surface area contributed by atoms with Gasteiger partial charge in [0.05, 0.1) is 13.2 Å². The van der Waals surface area contributed by atoms with E-state index < -0.39 is 0 Å². The van der Waals surface area contributed by atoms with E-state index in [9.17, 15) is 4.79 Å². The van der Waals surface area contributed by atoms with Gasteiger partial charge < -0.3 is 19.7 Å². The highest BCUT2D eigenvalue weighted by atomic mass is 35.5. The van der Waals surface area contributed by atoms with Crippen molar-refractivity contribution in [1.29, 1.82) is 0 Å². The van der Waals surface area contributed by atoms with Crippen LogP contribution in [0.2, 0.25) is 0 Å². The summed E-state index contributed by atoms with van der Waals surface area (Å²) >= 11 is 0. The van der Waals surface area contributed by atoms with Crippen LogP contribution < -0.4 is 5.32 Å². The molecule has 1 fully saturated rings. The monoisotopic (exact) mass is 252 g/mol. The Labute approximate surface area is 103 Å². The van der Waals surface area contributed by atoms with Gasteiger partial charge in [-0.25, -0.2) is 0 Å². The zero-order chi connectivity index (χ0) is 11.1. The van der Waals surface area contributed by atoms with Crippen LogP contribution in [0.4, 0.5) is 0 Å². The van der Waals surface area contributed by atoms with E-state index in [4.69, 9.17) is 9.47 Å². The molecule has 1 rings (SSSR count). The van der Waals surface area contributed by atoms with Crippen molar-refractivity contribution < 1.29 is 14.3 Å². The third-order valence-corrected chi connectivity index (χ3v) is 2.48. The zero-order valence-corrected chi connectivity index (χ0v) is 10.7. The molecule has 1 N–H and O–H groups in total. The molecule has 1 aliphatic rings. The Balaban J connectivity index is 0.00000225. The van der Waals surface area contributed by atoms with E-state index >= 15 is 0 Å². The molecule has 96 valence electrons. The number of carbonyl (C=O) groups is 1. The van der Waals surface area contributed by atoms with E-state index in [1.807, 2.05) is 11.8 Å². The summed E-state index contributed by atoms with van der Waals surface area (Å²) in [5.74, 6) is 0.0695. The molecular formula is C10H21ClN2O3. The van der Waals surface area contributed by atoms with Gasteiger partial charge in [0.2, 0.25) is 5.91 Å². The molecule has 1 heterocycles. The average molecular weight is 253 g/mol. The Hall–Kier alpha value is -0.360. The number of ether oxygens (including phenoxy) is 2. The Kier molecular flexibility index (Phi) is 8.56. The van der Waals surface area contributed by atoms with Gasteiger partial charge >= 0.3 is 0 Å². The minimum Gasteiger partial charge on any atom is -0.382 e. The summed E-state index contributed by atoms with van der Waals surface area (Å²) in [5, 5.41) is 3.24. The van der Waals surface area contributed by atoms with E-state index in [0.29, 0.717) is 13.2 Å². The molecule has 0 radical (unpaired) electrons. The number of carbonyl (C=O) groups excluding carboxylic acids is 1. The number of hydrogen-bond donors (Lipinski definition) is 1. The molecule has 16 heavy (non-hydrogen) atoms. The second-order valence-electron chi connectivity index (χ2n) is 3.69. The molecule has 5 nitrogen and oxygen atoms in total. The van der Waals surface area contributed by atoms with Crippen molar-refractivity contribution >= 4 is 18.3 Å². The number of hydrogen-bond acceptors (Lipinski definition) is 4. The first-order valence-electron chi connectivity index (χ1n) is 5.32. The number of methoxy groups -OCH3 is 1. The van der Waals surface area contributed by atoms with E-state index in [1.165, 1.54) is 0 Å². The average Bonchev–Trinajstić information content (AvgIpc) is 2.25. The van der Waals surface area contributed by atoms with E-state index in [-0.39, 0.29) is 31.0 Å². The Bertz CT molecular complexity index is 205. The third-order valence-electron chi connectivity index (χ3n) is 2.48. The molecule has 6 heteroatoms. The van der Waals surface area contributed by atoms with Crippen molar-refractivity contribution in [3.8, 4) is 0 Å². The summed E-state index contributed by atoms with van der Waals surface area (Å²) in [4.78, 5) is 13.6. The van der Waals surface area contributed by atoms with Crippen molar-refractivity contribution in [3.05, 3.63) is 0 Å². The van der Waals surface area contributed by atoms with Gasteiger partial charge in [0.1, 0.15) is 6.61 Å². The van der Waals surface area contributed by atoms with E-state index in [0.717, 1.165) is 19.6 Å². The Morgan fingerprint density at radius 3 is 2.88 bits per heavy atom. The first-order valence-corrected chi connectivity index (χ1v) is 5.32. The lowest BCUT2D eigenvalue weighted by Crippen LogP contribution is -2.53. The molecule has 0 aromatic heterocycles. The Morgan fingerprint density at radius 2 is 2.25 bits per heavy atom. The number of nitrogens with zero attached hydrogens (tertiary/aromatic N) is 1. The second-order valence-corrected chi connectivity index (χ2v) is 3.69. The third kappa shape index (κ3) is 5.12. The van der Waals surface area contributed by atoms with Crippen molar-refractivity contribution in [1.82, 2.24) is 10.2 Å². The topological polar surface area (TPSA) is 50.8 Å². The zero-order valence-electron chi connectivity index (χ0n) is 9.90. The van der Waals surface area contributed by atoms with Crippen molar-refractivity contribution in [3.63, 3.8) is 0 Å². The molecule has 0 bridgehead atoms. The Morgan fingerprint density at radius 1 is 1.50 bits per heavy atom. The molecule has 0 spiro atoms.